The molecule has 2 heterocycles. The fourth-order valence-corrected chi connectivity index (χ4v) is 3.76. The molecule has 3 unspecified atom stereocenters. The van der Waals surface area contributed by atoms with Gasteiger partial charge in [0, 0.05) is 31.2 Å². The van der Waals surface area contributed by atoms with Crippen LogP contribution in [0.15, 0.2) is 23.7 Å². The average Bonchev–Trinajstić information content (AvgIpc) is 2.98. The van der Waals surface area contributed by atoms with E-state index in [0.29, 0.717) is 18.2 Å². The highest BCUT2D eigenvalue weighted by atomic mass is 32.1. The summed E-state index contributed by atoms with van der Waals surface area (Å²) in [6.45, 7) is 8.80. The van der Waals surface area contributed by atoms with Gasteiger partial charge in [0.05, 0.1) is 27.9 Å². The molecule has 2 aromatic rings. The third kappa shape index (κ3) is 3.88. The first-order valence-electron chi connectivity index (χ1n) is 8.04. The molecule has 1 saturated heterocycles. The maximum atomic E-state index is 12.4. The molecule has 0 saturated carbocycles. The molecule has 1 aromatic heterocycles. The van der Waals surface area contributed by atoms with E-state index in [1.165, 1.54) is 0 Å². The van der Waals surface area contributed by atoms with E-state index < -0.39 is 0 Å². The molecule has 6 heteroatoms. The molecule has 1 fully saturated rings. The molecule has 1 aliphatic rings. The molecule has 3 atom stereocenters. The SMILES string of the molecule is CC1CN(C(C)CNC(=O)c2ccc3ncsc3c2)CC(C)O1. The van der Waals surface area contributed by atoms with E-state index in [1.807, 2.05) is 18.2 Å². The maximum Gasteiger partial charge on any atom is 0.251 e. The van der Waals surface area contributed by atoms with E-state index in [4.69, 9.17) is 4.74 Å². The van der Waals surface area contributed by atoms with Crippen molar-refractivity contribution in [2.24, 2.45) is 0 Å². The van der Waals surface area contributed by atoms with Crippen LogP contribution in [-0.4, -0.2) is 53.7 Å². The molecule has 124 valence electrons. The van der Waals surface area contributed by atoms with Crippen LogP contribution in [0.1, 0.15) is 31.1 Å². The van der Waals surface area contributed by atoms with E-state index in [2.05, 4.69) is 36.0 Å². The normalized spacial score (nSPS) is 23.8. The number of hydrogen-bond acceptors (Lipinski definition) is 5. The number of aromatic nitrogens is 1. The number of morpholine rings is 1. The number of nitrogens with zero attached hydrogens (tertiary/aromatic N) is 2. The number of carbonyl (C=O) groups is 1. The lowest BCUT2D eigenvalue weighted by Gasteiger charge is -2.39. The smallest absolute Gasteiger partial charge is 0.251 e. The van der Waals surface area contributed by atoms with Crippen LogP contribution < -0.4 is 5.32 Å². The van der Waals surface area contributed by atoms with Gasteiger partial charge in [0.2, 0.25) is 0 Å². The van der Waals surface area contributed by atoms with Crippen molar-refractivity contribution in [2.45, 2.75) is 39.0 Å². The molecular weight excluding hydrogens is 310 g/mol. The monoisotopic (exact) mass is 333 g/mol. The zero-order valence-corrected chi connectivity index (χ0v) is 14.6. The van der Waals surface area contributed by atoms with E-state index in [0.717, 1.165) is 23.3 Å². The minimum Gasteiger partial charge on any atom is -0.373 e. The number of thiazole rings is 1. The van der Waals surface area contributed by atoms with Crippen LogP contribution in [0.3, 0.4) is 0 Å². The number of carbonyl (C=O) groups excluding carboxylic acids is 1. The third-order valence-corrected chi connectivity index (χ3v) is 5.01. The highest BCUT2D eigenvalue weighted by Crippen LogP contribution is 2.19. The molecule has 5 nitrogen and oxygen atoms in total. The summed E-state index contributed by atoms with van der Waals surface area (Å²) in [6, 6.07) is 5.93. The molecule has 0 spiro atoms. The maximum absolute atomic E-state index is 12.4. The Labute approximate surface area is 140 Å². The van der Waals surface area contributed by atoms with Gasteiger partial charge in [0.25, 0.3) is 5.91 Å². The lowest BCUT2D eigenvalue weighted by atomic mass is 10.1. The van der Waals surface area contributed by atoms with Crippen molar-refractivity contribution in [3.05, 3.63) is 29.3 Å². The minimum atomic E-state index is -0.0264. The zero-order valence-electron chi connectivity index (χ0n) is 13.8. The summed E-state index contributed by atoms with van der Waals surface area (Å²) in [5.74, 6) is -0.0264. The predicted molar refractivity (Wildman–Crippen MR) is 93.0 cm³/mol. The second-order valence-electron chi connectivity index (χ2n) is 6.31. The fraction of sp³-hybridized carbons (Fsp3) is 0.529. The summed E-state index contributed by atoms with van der Waals surface area (Å²) < 4.78 is 6.80. The van der Waals surface area contributed by atoms with Crippen molar-refractivity contribution in [2.75, 3.05) is 19.6 Å². The Bertz CT molecular complexity index is 677. The molecule has 0 aliphatic carbocycles. The van der Waals surface area contributed by atoms with Crippen LogP contribution in [0, 0.1) is 0 Å². The molecule has 1 amide bonds. The Hall–Kier alpha value is -1.50. The van der Waals surface area contributed by atoms with E-state index in [9.17, 15) is 4.79 Å². The molecule has 0 radical (unpaired) electrons. The largest absolute Gasteiger partial charge is 0.373 e. The van der Waals surface area contributed by atoms with E-state index in [-0.39, 0.29) is 18.1 Å². The number of fused-ring (bicyclic) bond motifs is 1. The van der Waals surface area contributed by atoms with Gasteiger partial charge in [-0.15, -0.1) is 11.3 Å². The van der Waals surface area contributed by atoms with Crippen LogP contribution in [-0.2, 0) is 4.74 Å². The van der Waals surface area contributed by atoms with Crippen LogP contribution in [0.4, 0.5) is 0 Å². The number of nitrogens with one attached hydrogen (secondary N) is 1. The molecule has 0 bridgehead atoms. The number of ether oxygens (including phenoxy) is 1. The topological polar surface area (TPSA) is 54.5 Å². The zero-order chi connectivity index (χ0) is 16.4. The van der Waals surface area contributed by atoms with Crippen molar-refractivity contribution in [3.8, 4) is 0 Å². The van der Waals surface area contributed by atoms with Gasteiger partial charge in [-0.2, -0.15) is 0 Å². The second kappa shape index (κ2) is 6.95. The Balaban J connectivity index is 1.57. The summed E-state index contributed by atoms with van der Waals surface area (Å²) in [7, 11) is 0. The minimum absolute atomic E-state index is 0.0264. The number of rotatable bonds is 4. The Morgan fingerprint density at radius 2 is 2.17 bits per heavy atom. The van der Waals surface area contributed by atoms with Crippen molar-refractivity contribution in [1.29, 1.82) is 0 Å². The summed E-state index contributed by atoms with van der Waals surface area (Å²) in [5.41, 5.74) is 3.43. The van der Waals surface area contributed by atoms with Crippen molar-refractivity contribution < 1.29 is 9.53 Å². The van der Waals surface area contributed by atoms with Crippen LogP contribution in [0.2, 0.25) is 0 Å². The van der Waals surface area contributed by atoms with E-state index >= 15 is 0 Å². The molecule has 1 aromatic carbocycles. The van der Waals surface area contributed by atoms with Gasteiger partial charge in [-0.05, 0) is 39.0 Å². The number of hydrogen-bond donors (Lipinski definition) is 1. The summed E-state index contributed by atoms with van der Waals surface area (Å²) in [4.78, 5) is 19.0. The highest BCUT2D eigenvalue weighted by molar-refractivity contribution is 7.16. The molecular formula is C17H23N3O2S. The van der Waals surface area contributed by atoms with Gasteiger partial charge < -0.3 is 10.1 Å². The third-order valence-electron chi connectivity index (χ3n) is 4.22. The molecule has 1 aliphatic heterocycles. The molecule has 3 rings (SSSR count). The quantitative estimate of drug-likeness (QED) is 0.934. The molecule has 23 heavy (non-hydrogen) atoms. The Morgan fingerprint density at radius 1 is 1.43 bits per heavy atom. The van der Waals surface area contributed by atoms with Gasteiger partial charge >= 0.3 is 0 Å². The summed E-state index contributed by atoms with van der Waals surface area (Å²) in [5, 5.41) is 3.05. The van der Waals surface area contributed by atoms with Crippen LogP contribution in [0.5, 0.6) is 0 Å². The highest BCUT2D eigenvalue weighted by Gasteiger charge is 2.25. The first-order valence-corrected chi connectivity index (χ1v) is 8.92. The van der Waals surface area contributed by atoms with E-state index in [1.54, 1.807) is 16.8 Å². The van der Waals surface area contributed by atoms with Gasteiger partial charge in [0.1, 0.15) is 0 Å². The van der Waals surface area contributed by atoms with Gasteiger partial charge in [-0.3, -0.25) is 9.69 Å². The van der Waals surface area contributed by atoms with Crippen LogP contribution in [0.25, 0.3) is 10.2 Å². The number of benzene rings is 1. The van der Waals surface area contributed by atoms with Crippen LogP contribution >= 0.6 is 11.3 Å². The van der Waals surface area contributed by atoms with Gasteiger partial charge in [-0.25, -0.2) is 4.98 Å². The Morgan fingerprint density at radius 3 is 2.91 bits per heavy atom. The van der Waals surface area contributed by atoms with Crippen molar-refractivity contribution >= 4 is 27.5 Å². The predicted octanol–water partition coefficient (Wildman–Crippen LogP) is 2.52. The average molecular weight is 333 g/mol. The Kier molecular flexibility index (Phi) is 4.94. The standard InChI is InChI=1S/C17H23N3O2S/c1-11(20-8-12(2)22-13(3)9-20)7-18-17(21)14-4-5-15-16(6-14)23-10-19-15/h4-6,10-13H,7-9H2,1-3H3,(H,18,21). The summed E-state index contributed by atoms with van der Waals surface area (Å²) in [6.07, 6.45) is 0.483. The van der Waals surface area contributed by atoms with Gasteiger partial charge in [0.15, 0.2) is 0 Å². The molecule has 1 N–H and O–H groups in total. The lowest BCUT2D eigenvalue weighted by Crippen LogP contribution is -2.52. The lowest BCUT2D eigenvalue weighted by molar-refractivity contribution is -0.0778. The van der Waals surface area contributed by atoms with Gasteiger partial charge in [-0.1, -0.05) is 0 Å². The number of amides is 1. The fourth-order valence-electron chi connectivity index (χ4n) is 3.05. The van der Waals surface area contributed by atoms with Crippen molar-refractivity contribution in [1.82, 2.24) is 15.2 Å². The van der Waals surface area contributed by atoms with Crippen molar-refractivity contribution in [3.63, 3.8) is 0 Å². The first-order chi connectivity index (χ1) is 11.0. The summed E-state index contributed by atoms with van der Waals surface area (Å²) >= 11 is 1.55. The second-order valence-corrected chi connectivity index (χ2v) is 7.19. The first kappa shape index (κ1) is 16.4.